The smallest absolute Gasteiger partial charge is 0.291 e. The third-order valence-electron chi connectivity index (χ3n) is 4.05. The number of amides is 2. The van der Waals surface area contributed by atoms with Crippen LogP contribution >= 0.6 is 0 Å². The van der Waals surface area contributed by atoms with E-state index in [1.807, 2.05) is 32.0 Å². The molecule has 3 aromatic rings. The number of carbonyl (C=O) groups excluding carboxylic acids is 2. The molecule has 1 N–H and O–H groups in total. The lowest BCUT2D eigenvalue weighted by Gasteiger charge is -2.20. The fraction of sp³-hybridized carbons (Fsp3) is 0.300. The van der Waals surface area contributed by atoms with Crippen molar-refractivity contribution in [1.29, 1.82) is 0 Å². The van der Waals surface area contributed by atoms with Gasteiger partial charge in [-0.3, -0.25) is 9.59 Å². The summed E-state index contributed by atoms with van der Waals surface area (Å²) >= 11 is 0. The van der Waals surface area contributed by atoms with Crippen LogP contribution in [0.2, 0.25) is 0 Å². The van der Waals surface area contributed by atoms with Crippen molar-refractivity contribution in [3.8, 4) is 0 Å². The van der Waals surface area contributed by atoms with Crippen molar-refractivity contribution in [2.75, 3.05) is 18.4 Å². The SMILES string of the molecule is CCCN(CCC)C(=O)c1oc2ccccc2c1NC(=O)c1ccco1. The molecule has 0 saturated heterocycles. The Morgan fingerprint density at radius 1 is 1.04 bits per heavy atom. The van der Waals surface area contributed by atoms with E-state index in [1.165, 1.54) is 6.26 Å². The molecule has 136 valence electrons. The van der Waals surface area contributed by atoms with Crippen LogP contribution in [0.25, 0.3) is 11.0 Å². The van der Waals surface area contributed by atoms with Crippen LogP contribution in [-0.4, -0.2) is 29.8 Å². The molecule has 2 amide bonds. The van der Waals surface area contributed by atoms with Gasteiger partial charge in [0, 0.05) is 18.5 Å². The van der Waals surface area contributed by atoms with E-state index in [1.54, 1.807) is 23.1 Å². The monoisotopic (exact) mass is 354 g/mol. The Kier molecular flexibility index (Phi) is 5.41. The highest BCUT2D eigenvalue weighted by molar-refractivity contribution is 6.13. The van der Waals surface area contributed by atoms with Crippen molar-refractivity contribution in [2.45, 2.75) is 26.7 Å². The van der Waals surface area contributed by atoms with Crippen LogP contribution in [0, 0.1) is 0 Å². The van der Waals surface area contributed by atoms with Crippen LogP contribution < -0.4 is 5.32 Å². The zero-order valence-electron chi connectivity index (χ0n) is 15.0. The predicted octanol–water partition coefficient (Wildman–Crippen LogP) is 4.54. The number of fused-ring (bicyclic) bond motifs is 1. The summed E-state index contributed by atoms with van der Waals surface area (Å²) in [4.78, 5) is 27.2. The molecule has 2 heterocycles. The second-order valence-electron chi connectivity index (χ2n) is 6.03. The molecule has 0 bridgehead atoms. The van der Waals surface area contributed by atoms with Gasteiger partial charge in [-0.05, 0) is 37.1 Å². The van der Waals surface area contributed by atoms with Gasteiger partial charge in [-0.25, -0.2) is 0 Å². The number of hydrogen-bond acceptors (Lipinski definition) is 4. The lowest BCUT2D eigenvalue weighted by atomic mass is 10.2. The van der Waals surface area contributed by atoms with Crippen LogP contribution in [0.4, 0.5) is 5.69 Å². The second kappa shape index (κ2) is 7.91. The standard InChI is InChI=1S/C20H22N2O4/c1-3-11-22(12-4-2)20(24)18-17(14-8-5-6-9-15(14)26-18)21-19(23)16-10-7-13-25-16/h5-10,13H,3-4,11-12H2,1-2H3,(H,21,23). The van der Waals surface area contributed by atoms with Gasteiger partial charge in [0.05, 0.1) is 6.26 Å². The molecule has 0 aliphatic carbocycles. The van der Waals surface area contributed by atoms with E-state index in [0.29, 0.717) is 29.7 Å². The van der Waals surface area contributed by atoms with Gasteiger partial charge in [-0.15, -0.1) is 0 Å². The molecule has 6 heteroatoms. The Labute approximate surface area is 151 Å². The number of nitrogens with zero attached hydrogens (tertiary/aromatic N) is 1. The van der Waals surface area contributed by atoms with Gasteiger partial charge < -0.3 is 19.1 Å². The van der Waals surface area contributed by atoms with Gasteiger partial charge in [-0.2, -0.15) is 0 Å². The zero-order valence-corrected chi connectivity index (χ0v) is 15.0. The Balaban J connectivity index is 2.01. The van der Waals surface area contributed by atoms with Crippen molar-refractivity contribution in [1.82, 2.24) is 4.90 Å². The van der Waals surface area contributed by atoms with Crippen LogP contribution in [-0.2, 0) is 0 Å². The van der Waals surface area contributed by atoms with E-state index < -0.39 is 5.91 Å². The Hall–Kier alpha value is -3.02. The fourth-order valence-corrected chi connectivity index (χ4v) is 2.90. The Morgan fingerprint density at radius 2 is 1.77 bits per heavy atom. The maximum Gasteiger partial charge on any atom is 0.291 e. The number of hydrogen-bond donors (Lipinski definition) is 1. The summed E-state index contributed by atoms with van der Waals surface area (Å²) < 4.78 is 11.0. The van der Waals surface area contributed by atoms with E-state index in [9.17, 15) is 9.59 Å². The normalized spacial score (nSPS) is 10.8. The summed E-state index contributed by atoms with van der Waals surface area (Å²) in [6.07, 6.45) is 3.12. The first-order valence-corrected chi connectivity index (χ1v) is 8.81. The van der Waals surface area contributed by atoms with Gasteiger partial charge in [0.25, 0.3) is 11.8 Å². The molecule has 6 nitrogen and oxygen atoms in total. The van der Waals surface area contributed by atoms with Crippen molar-refractivity contribution in [3.63, 3.8) is 0 Å². The summed E-state index contributed by atoms with van der Waals surface area (Å²) in [6, 6.07) is 10.5. The number of benzene rings is 1. The maximum absolute atomic E-state index is 13.0. The average Bonchev–Trinajstić information content (AvgIpc) is 3.29. The van der Waals surface area contributed by atoms with Gasteiger partial charge in [0.15, 0.2) is 5.76 Å². The predicted molar refractivity (Wildman–Crippen MR) is 99.4 cm³/mol. The fourth-order valence-electron chi connectivity index (χ4n) is 2.90. The van der Waals surface area contributed by atoms with E-state index >= 15 is 0 Å². The largest absolute Gasteiger partial charge is 0.459 e. The summed E-state index contributed by atoms with van der Waals surface area (Å²) in [7, 11) is 0. The first-order chi connectivity index (χ1) is 12.7. The highest BCUT2D eigenvalue weighted by Crippen LogP contribution is 2.32. The third-order valence-corrected chi connectivity index (χ3v) is 4.05. The molecule has 3 rings (SSSR count). The van der Waals surface area contributed by atoms with E-state index in [-0.39, 0.29) is 17.4 Å². The topological polar surface area (TPSA) is 75.7 Å². The van der Waals surface area contributed by atoms with Gasteiger partial charge >= 0.3 is 0 Å². The average molecular weight is 354 g/mol. The summed E-state index contributed by atoms with van der Waals surface area (Å²) in [5, 5.41) is 3.47. The molecular formula is C20H22N2O4. The van der Waals surface area contributed by atoms with E-state index in [2.05, 4.69) is 5.32 Å². The number of furan rings is 2. The van der Waals surface area contributed by atoms with E-state index in [0.717, 1.165) is 12.8 Å². The third kappa shape index (κ3) is 3.49. The molecule has 0 atom stereocenters. The van der Waals surface area contributed by atoms with E-state index in [4.69, 9.17) is 8.83 Å². The van der Waals surface area contributed by atoms with Crippen molar-refractivity contribution in [2.24, 2.45) is 0 Å². The molecule has 0 fully saturated rings. The van der Waals surface area contributed by atoms with Crippen LogP contribution in [0.5, 0.6) is 0 Å². The number of nitrogens with one attached hydrogen (secondary N) is 1. The molecule has 0 unspecified atom stereocenters. The number of para-hydroxylation sites is 1. The quantitative estimate of drug-likeness (QED) is 0.676. The lowest BCUT2D eigenvalue weighted by Crippen LogP contribution is -2.32. The molecule has 0 aliphatic heterocycles. The molecule has 1 aromatic carbocycles. The van der Waals surface area contributed by atoms with Gasteiger partial charge in [0.2, 0.25) is 5.76 Å². The number of carbonyl (C=O) groups is 2. The van der Waals surface area contributed by atoms with Crippen molar-refractivity contribution in [3.05, 3.63) is 54.2 Å². The molecule has 26 heavy (non-hydrogen) atoms. The lowest BCUT2D eigenvalue weighted by molar-refractivity contribution is 0.0727. The van der Waals surface area contributed by atoms with Crippen LogP contribution in [0.1, 0.15) is 47.8 Å². The number of rotatable bonds is 7. The first kappa shape index (κ1) is 17.8. The summed E-state index contributed by atoms with van der Waals surface area (Å²) in [5.41, 5.74) is 0.933. The molecule has 0 radical (unpaired) electrons. The zero-order chi connectivity index (χ0) is 18.5. The second-order valence-corrected chi connectivity index (χ2v) is 6.03. The molecule has 0 aliphatic rings. The minimum Gasteiger partial charge on any atom is -0.459 e. The van der Waals surface area contributed by atoms with Crippen LogP contribution in [0.3, 0.4) is 0 Å². The Bertz CT molecular complexity index is 890. The Morgan fingerprint density at radius 3 is 2.42 bits per heavy atom. The maximum atomic E-state index is 13.0. The minimum atomic E-state index is -0.423. The molecule has 0 saturated carbocycles. The van der Waals surface area contributed by atoms with Crippen LogP contribution in [0.15, 0.2) is 51.5 Å². The highest BCUT2D eigenvalue weighted by Gasteiger charge is 2.26. The summed E-state index contributed by atoms with van der Waals surface area (Å²) in [6.45, 7) is 5.31. The molecule has 0 spiro atoms. The van der Waals surface area contributed by atoms with Gasteiger partial charge in [0.1, 0.15) is 11.3 Å². The minimum absolute atomic E-state index is 0.146. The molecule has 2 aromatic heterocycles. The molecular weight excluding hydrogens is 332 g/mol. The summed E-state index contributed by atoms with van der Waals surface area (Å²) in [5.74, 6) is -0.326. The number of anilines is 1. The van der Waals surface area contributed by atoms with Crippen molar-refractivity contribution < 1.29 is 18.4 Å². The van der Waals surface area contributed by atoms with Crippen molar-refractivity contribution >= 4 is 28.5 Å². The highest BCUT2D eigenvalue weighted by atomic mass is 16.4. The first-order valence-electron chi connectivity index (χ1n) is 8.81. The van der Waals surface area contributed by atoms with Gasteiger partial charge in [-0.1, -0.05) is 26.0 Å².